The lowest BCUT2D eigenvalue weighted by atomic mass is 9.84. The number of carbonyl (C=O) groups is 2. The van der Waals surface area contributed by atoms with Gasteiger partial charge in [-0.05, 0) is 25.0 Å². The fourth-order valence-corrected chi connectivity index (χ4v) is 1.99. The first-order valence-electron chi connectivity index (χ1n) is 5.71. The van der Waals surface area contributed by atoms with Crippen LogP contribution in [-0.2, 0) is 4.79 Å². The van der Waals surface area contributed by atoms with Crippen LogP contribution >= 0.6 is 0 Å². The van der Waals surface area contributed by atoms with Crippen LogP contribution in [0, 0.1) is 5.92 Å². The zero-order chi connectivity index (χ0) is 12.4. The van der Waals surface area contributed by atoms with E-state index < -0.39 is 5.97 Å². The lowest BCUT2D eigenvalue weighted by molar-refractivity contribution is -0.124. The van der Waals surface area contributed by atoms with Crippen molar-refractivity contribution in [3.8, 4) is 0 Å². The second-order valence-corrected chi connectivity index (χ2v) is 4.35. The van der Waals surface area contributed by atoms with Crippen molar-refractivity contribution in [3.63, 3.8) is 0 Å². The van der Waals surface area contributed by atoms with Crippen LogP contribution in [0.5, 0.6) is 0 Å². The molecular weight excluding hydrogens is 218 g/mol. The molecule has 1 aromatic rings. The van der Waals surface area contributed by atoms with E-state index in [9.17, 15) is 9.59 Å². The summed E-state index contributed by atoms with van der Waals surface area (Å²) < 4.78 is 0. The van der Waals surface area contributed by atoms with E-state index in [0.29, 0.717) is 5.69 Å². The summed E-state index contributed by atoms with van der Waals surface area (Å²) in [6.45, 7) is 0. The van der Waals surface area contributed by atoms with Crippen LogP contribution in [0.15, 0.2) is 24.3 Å². The molecule has 4 heteroatoms. The lowest BCUT2D eigenvalue weighted by Gasteiger charge is -2.29. The van der Waals surface area contributed by atoms with E-state index in [4.69, 9.17) is 5.11 Å². The van der Waals surface area contributed by atoms with E-state index in [2.05, 4.69) is 0 Å². The Hall–Kier alpha value is -1.84. The molecule has 1 amide bonds. The van der Waals surface area contributed by atoms with Gasteiger partial charge >= 0.3 is 5.97 Å². The van der Waals surface area contributed by atoms with Gasteiger partial charge in [-0.1, -0.05) is 18.6 Å². The number of carbonyl (C=O) groups excluding carboxylic acids is 1. The van der Waals surface area contributed by atoms with Gasteiger partial charge in [-0.15, -0.1) is 0 Å². The summed E-state index contributed by atoms with van der Waals surface area (Å²) in [6, 6.07) is 6.59. The minimum absolute atomic E-state index is 0.0185. The van der Waals surface area contributed by atoms with E-state index in [-0.39, 0.29) is 17.4 Å². The van der Waals surface area contributed by atoms with Gasteiger partial charge in [-0.25, -0.2) is 4.79 Å². The first-order chi connectivity index (χ1) is 8.11. The standard InChI is InChI=1S/C13H15NO3/c1-14(12(15)9-5-4-6-9)11-8-3-2-7-10(11)13(16)17/h2-3,7-9H,4-6H2,1H3,(H,16,17). The fourth-order valence-electron chi connectivity index (χ4n) is 1.99. The van der Waals surface area contributed by atoms with Crippen molar-refractivity contribution in [1.82, 2.24) is 0 Å². The van der Waals surface area contributed by atoms with Crippen molar-refractivity contribution < 1.29 is 14.7 Å². The third-order valence-corrected chi connectivity index (χ3v) is 3.28. The number of rotatable bonds is 3. The average Bonchev–Trinajstić information content (AvgIpc) is 2.25. The van der Waals surface area contributed by atoms with Gasteiger partial charge in [0.05, 0.1) is 11.3 Å². The number of nitrogens with zero attached hydrogens (tertiary/aromatic N) is 1. The van der Waals surface area contributed by atoms with Gasteiger partial charge in [-0.3, -0.25) is 4.79 Å². The van der Waals surface area contributed by atoms with Crippen molar-refractivity contribution in [2.45, 2.75) is 19.3 Å². The van der Waals surface area contributed by atoms with E-state index in [1.165, 1.54) is 11.0 Å². The van der Waals surface area contributed by atoms with Crippen LogP contribution in [0.4, 0.5) is 5.69 Å². The summed E-state index contributed by atoms with van der Waals surface area (Å²) in [6.07, 6.45) is 2.92. The summed E-state index contributed by atoms with van der Waals surface area (Å²) in [4.78, 5) is 24.6. The van der Waals surface area contributed by atoms with Crippen molar-refractivity contribution in [3.05, 3.63) is 29.8 Å². The smallest absolute Gasteiger partial charge is 0.337 e. The molecule has 4 nitrogen and oxygen atoms in total. The van der Waals surface area contributed by atoms with Gasteiger partial charge in [0.1, 0.15) is 0 Å². The number of aromatic carboxylic acids is 1. The molecule has 0 radical (unpaired) electrons. The van der Waals surface area contributed by atoms with Crippen LogP contribution in [0.1, 0.15) is 29.6 Å². The SMILES string of the molecule is CN(C(=O)C1CCC1)c1ccccc1C(=O)O. The molecule has 0 unspecified atom stereocenters. The number of amides is 1. The highest BCUT2D eigenvalue weighted by Crippen LogP contribution is 2.30. The second kappa shape index (κ2) is 4.57. The minimum atomic E-state index is -1.01. The Morgan fingerprint density at radius 2 is 1.94 bits per heavy atom. The van der Waals surface area contributed by atoms with Gasteiger partial charge in [0.15, 0.2) is 0 Å². The van der Waals surface area contributed by atoms with E-state index in [0.717, 1.165) is 19.3 Å². The highest BCUT2D eigenvalue weighted by Gasteiger charge is 2.29. The minimum Gasteiger partial charge on any atom is -0.478 e. The highest BCUT2D eigenvalue weighted by atomic mass is 16.4. The molecule has 0 aliphatic heterocycles. The van der Waals surface area contributed by atoms with Gasteiger partial charge < -0.3 is 10.0 Å². The summed E-state index contributed by atoms with van der Waals surface area (Å²) >= 11 is 0. The molecule has 2 rings (SSSR count). The Morgan fingerprint density at radius 3 is 2.47 bits per heavy atom. The van der Waals surface area contributed by atoms with Crippen molar-refractivity contribution in [1.29, 1.82) is 0 Å². The molecule has 1 saturated carbocycles. The van der Waals surface area contributed by atoms with Gasteiger partial charge in [0.25, 0.3) is 0 Å². The van der Waals surface area contributed by atoms with E-state index >= 15 is 0 Å². The number of hydrogen-bond donors (Lipinski definition) is 1. The number of anilines is 1. The normalized spacial score (nSPS) is 15.1. The second-order valence-electron chi connectivity index (χ2n) is 4.35. The predicted molar refractivity (Wildman–Crippen MR) is 64.2 cm³/mol. The number of carboxylic acid groups (broad SMARTS) is 1. The van der Waals surface area contributed by atoms with Crippen LogP contribution in [0.2, 0.25) is 0 Å². The van der Waals surface area contributed by atoms with E-state index in [1.807, 2.05) is 0 Å². The van der Waals surface area contributed by atoms with Crippen molar-refractivity contribution in [2.24, 2.45) is 5.92 Å². The fraction of sp³-hybridized carbons (Fsp3) is 0.385. The molecule has 0 heterocycles. The van der Waals surface area contributed by atoms with E-state index in [1.54, 1.807) is 25.2 Å². The van der Waals surface area contributed by atoms with Crippen LogP contribution in [-0.4, -0.2) is 24.0 Å². The first-order valence-corrected chi connectivity index (χ1v) is 5.71. The molecule has 0 saturated heterocycles. The van der Waals surface area contributed by atoms with Crippen molar-refractivity contribution >= 4 is 17.6 Å². The average molecular weight is 233 g/mol. The molecule has 0 atom stereocenters. The van der Waals surface area contributed by atoms with Crippen LogP contribution in [0.25, 0.3) is 0 Å². The van der Waals surface area contributed by atoms with Gasteiger partial charge in [0.2, 0.25) is 5.91 Å². The Labute approximate surface area is 99.9 Å². The summed E-state index contributed by atoms with van der Waals surface area (Å²) in [5.74, 6) is -0.916. The molecule has 1 aliphatic rings. The maximum Gasteiger partial charge on any atom is 0.337 e. The lowest BCUT2D eigenvalue weighted by Crippen LogP contribution is -2.36. The number of hydrogen-bond acceptors (Lipinski definition) is 2. The zero-order valence-corrected chi connectivity index (χ0v) is 9.72. The monoisotopic (exact) mass is 233 g/mol. The third kappa shape index (κ3) is 2.16. The number of para-hydroxylation sites is 1. The summed E-state index contributed by atoms with van der Waals surface area (Å²) in [7, 11) is 1.64. The molecule has 1 N–H and O–H groups in total. The topological polar surface area (TPSA) is 57.6 Å². The summed E-state index contributed by atoms with van der Waals surface area (Å²) in [5, 5.41) is 9.07. The maximum absolute atomic E-state index is 12.0. The predicted octanol–water partition coefficient (Wildman–Crippen LogP) is 2.15. The first kappa shape index (κ1) is 11.6. The third-order valence-electron chi connectivity index (χ3n) is 3.28. The molecule has 0 aromatic heterocycles. The van der Waals surface area contributed by atoms with Gasteiger partial charge in [0, 0.05) is 13.0 Å². The maximum atomic E-state index is 12.0. The Bertz CT molecular complexity index is 452. The molecule has 0 spiro atoms. The molecule has 0 bridgehead atoms. The number of benzene rings is 1. The number of carboxylic acids is 1. The molecule has 1 fully saturated rings. The molecule has 1 aliphatic carbocycles. The molecule has 17 heavy (non-hydrogen) atoms. The zero-order valence-electron chi connectivity index (χ0n) is 9.72. The quantitative estimate of drug-likeness (QED) is 0.870. The Balaban J connectivity index is 2.26. The van der Waals surface area contributed by atoms with Crippen LogP contribution in [0.3, 0.4) is 0 Å². The molecular formula is C13H15NO3. The summed E-state index contributed by atoms with van der Waals surface area (Å²) in [5.41, 5.74) is 0.638. The molecule has 1 aromatic carbocycles. The Kier molecular flexibility index (Phi) is 3.13. The largest absolute Gasteiger partial charge is 0.478 e. The Morgan fingerprint density at radius 1 is 1.29 bits per heavy atom. The molecule has 90 valence electrons. The van der Waals surface area contributed by atoms with Crippen LogP contribution < -0.4 is 4.90 Å². The van der Waals surface area contributed by atoms with Gasteiger partial charge in [-0.2, -0.15) is 0 Å². The highest BCUT2D eigenvalue weighted by molar-refractivity contribution is 6.02. The van der Waals surface area contributed by atoms with Crippen molar-refractivity contribution in [2.75, 3.05) is 11.9 Å².